The summed E-state index contributed by atoms with van der Waals surface area (Å²) >= 11 is 0. The minimum Gasteiger partial charge on any atom is -0.378 e. The maximum atomic E-state index is 14.5. The number of hydrogen-bond acceptors (Lipinski definition) is 4. The molecular formula is C20H32FN5O. The number of benzene rings is 1. The third-order valence-electron chi connectivity index (χ3n) is 5.22. The summed E-state index contributed by atoms with van der Waals surface area (Å²) in [7, 11) is 1.76. The highest BCUT2D eigenvalue weighted by Gasteiger charge is 2.15. The fraction of sp³-hybridized carbons (Fsp3) is 0.650. The van der Waals surface area contributed by atoms with Gasteiger partial charge < -0.3 is 25.2 Å². The molecule has 0 radical (unpaired) electrons. The van der Waals surface area contributed by atoms with Crippen molar-refractivity contribution in [3.8, 4) is 0 Å². The van der Waals surface area contributed by atoms with Gasteiger partial charge in [-0.2, -0.15) is 0 Å². The molecule has 7 heteroatoms. The van der Waals surface area contributed by atoms with E-state index < -0.39 is 0 Å². The van der Waals surface area contributed by atoms with Crippen LogP contribution < -0.4 is 15.5 Å². The van der Waals surface area contributed by atoms with Gasteiger partial charge in [-0.3, -0.25) is 4.99 Å². The van der Waals surface area contributed by atoms with E-state index in [-0.39, 0.29) is 5.82 Å². The van der Waals surface area contributed by atoms with E-state index in [2.05, 4.69) is 20.5 Å². The molecule has 3 rings (SSSR count). The summed E-state index contributed by atoms with van der Waals surface area (Å²) in [6.07, 6.45) is 3.96. The van der Waals surface area contributed by atoms with E-state index in [0.29, 0.717) is 25.4 Å². The van der Waals surface area contributed by atoms with Crippen LogP contribution >= 0.6 is 0 Å². The Kier molecular flexibility index (Phi) is 7.71. The van der Waals surface area contributed by atoms with Crippen LogP contribution in [0.4, 0.5) is 10.1 Å². The number of piperidine rings is 1. The van der Waals surface area contributed by atoms with Crippen LogP contribution in [0.2, 0.25) is 0 Å². The van der Waals surface area contributed by atoms with Gasteiger partial charge in [-0.1, -0.05) is 12.5 Å². The van der Waals surface area contributed by atoms with Gasteiger partial charge in [-0.15, -0.1) is 0 Å². The van der Waals surface area contributed by atoms with Crippen molar-refractivity contribution in [1.82, 2.24) is 15.5 Å². The summed E-state index contributed by atoms with van der Waals surface area (Å²) in [5.74, 6) is 0.578. The van der Waals surface area contributed by atoms with Crippen molar-refractivity contribution < 1.29 is 9.13 Å². The molecule has 2 aliphatic heterocycles. The second-order valence-corrected chi connectivity index (χ2v) is 7.14. The van der Waals surface area contributed by atoms with Gasteiger partial charge in [-0.05, 0) is 43.6 Å². The Morgan fingerprint density at radius 1 is 1.11 bits per heavy atom. The molecule has 2 fully saturated rings. The zero-order valence-electron chi connectivity index (χ0n) is 16.3. The van der Waals surface area contributed by atoms with Crippen LogP contribution in [0.15, 0.2) is 23.2 Å². The quantitative estimate of drug-likeness (QED) is 0.585. The van der Waals surface area contributed by atoms with E-state index in [0.717, 1.165) is 37.7 Å². The van der Waals surface area contributed by atoms with Gasteiger partial charge >= 0.3 is 0 Å². The predicted octanol–water partition coefficient (Wildman–Crippen LogP) is 1.81. The molecule has 0 aromatic heterocycles. The third kappa shape index (κ3) is 6.07. The number of aliphatic imine (C=N–C) groups is 1. The van der Waals surface area contributed by atoms with Gasteiger partial charge in [-0.25, -0.2) is 4.39 Å². The highest BCUT2D eigenvalue weighted by Crippen LogP contribution is 2.21. The molecule has 0 saturated carbocycles. The summed E-state index contributed by atoms with van der Waals surface area (Å²) in [6, 6.07) is 5.45. The zero-order valence-corrected chi connectivity index (χ0v) is 16.3. The Labute approximate surface area is 161 Å². The van der Waals surface area contributed by atoms with Crippen molar-refractivity contribution in [2.24, 2.45) is 4.99 Å². The monoisotopic (exact) mass is 377 g/mol. The van der Waals surface area contributed by atoms with Crippen LogP contribution in [0.25, 0.3) is 0 Å². The second kappa shape index (κ2) is 10.5. The van der Waals surface area contributed by atoms with E-state index in [1.807, 2.05) is 17.0 Å². The first-order valence-electron chi connectivity index (χ1n) is 10.0. The molecule has 0 amide bonds. The van der Waals surface area contributed by atoms with Gasteiger partial charge in [0, 0.05) is 39.8 Å². The molecule has 1 aromatic rings. The van der Waals surface area contributed by atoms with Crippen molar-refractivity contribution in [1.29, 1.82) is 0 Å². The third-order valence-corrected chi connectivity index (χ3v) is 5.22. The number of anilines is 1. The van der Waals surface area contributed by atoms with Gasteiger partial charge in [0.1, 0.15) is 5.82 Å². The molecule has 2 aliphatic rings. The van der Waals surface area contributed by atoms with E-state index in [1.54, 1.807) is 13.1 Å². The number of morpholine rings is 1. The number of nitrogens with one attached hydrogen (secondary N) is 2. The summed E-state index contributed by atoms with van der Waals surface area (Å²) < 4.78 is 19.8. The largest absolute Gasteiger partial charge is 0.378 e. The second-order valence-electron chi connectivity index (χ2n) is 7.14. The van der Waals surface area contributed by atoms with E-state index in [4.69, 9.17) is 4.74 Å². The maximum absolute atomic E-state index is 14.5. The van der Waals surface area contributed by atoms with E-state index in [1.165, 1.54) is 32.4 Å². The standard InChI is InChI=1S/C20H32FN5O/c1-22-20(23-7-10-25-8-3-2-4-9-25)24-16-17-5-6-19(18(21)15-17)26-11-13-27-14-12-26/h5-6,15H,2-4,7-14,16H2,1H3,(H2,22,23,24). The maximum Gasteiger partial charge on any atom is 0.191 e. The summed E-state index contributed by atoms with van der Waals surface area (Å²) in [4.78, 5) is 8.79. The summed E-state index contributed by atoms with van der Waals surface area (Å²) in [6.45, 7) is 7.62. The first-order chi connectivity index (χ1) is 13.3. The minimum atomic E-state index is -0.177. The zero-order chi connectivity index (χ0) is 18.9. The topological polar surface area (TPSA) is 52.1 Å². The normalized spacial score (nSPS) is 19.2. The number of guanidine groups is 1. The fourth-order valence-electron chi connectivity index (χ4n) is 3.64. The SMILES string of the molecule is CN=C(NCCN1CCCCC1)NCc1ccc(N2CCOCC2)c(F)c1. The number of hydrogen-bond donors (Lipinski definition) is 2. The Morgan fingerprint density at radius 3 is 2.59 bits per heavy atom. The number of ether oxygens (including phenoxy) is 1. The van der Waals surface area contributed by atoms with Crippen molar-refractivity contribution in [2.45, 2.75) is 25.8 Å². The number of nitrogens with zero attached hydrogens (tertiary/aromatic N) is 3. The summed E-state index contributed by atoms with van der Waals surface area (Å²) in [5, 5.41) is 6.62. The molecule has 27 heavy (non-hydrogen) atoms. The number of rotatable bonds is 6. The predicted molar refractivity (Wildman–Crippen MR) is 108 cm³/mol. The first kappa shape index (κ1) is 19.9. The van der Waals surface area contributed by atoms with Crippen molar-refractivity contribution in [2.75, 3.05) is 64.4 Å². The van der Waals surface area contributed by atoms with Crippen LogP contribution in [-0.4, -0.2) is 70.4 Å². The smallest absolute Gasteiger partial charge is 0.191 e. The lowest BCUT2D eigenvalue weighted by molar-refractivity contribution is 0.122. The van der Waals surface area contributed by atoms with Gasteiger partial charge in [0.05, 0.1) is 18.9 Å². The molecule has 2 N–H and O–H groups in total. The van der Waals surface area contributed by atoms with Crippen LogP contribution in [0.3, 0.4) is 0 Å². The van der Waals surface area contributed by atoms with Gasteiger partial charge in [0.25, 0.3) is 0 Å². The average molecular weight is 378 g/mol. The highest BCUT2D eigenvalue weighted by atomic mass is 19.1. The van der Waals surface area contributed by atoms with E-state index in [9.17, 15) is 4.39 Å². The molecule has 2 saturated heterocycles. The Morgan fingerprint density at radius 2 is 1.89 bits per heavy atom. The van der Waals surface area contributed by atoms with Crippen molar-refractivity contribution >= 4 is 11.6 Å². The molecular weight excluding hydrogens is 345 g/mol. The molecule has 0 unspecified atom stereocenters. The van der Waals surface area contributed by atoms with Gasteiger partial charge in [0.15, 0.2) is 5.96 Å². The number of halogens is 1. The molecule has 0 atom stereocenters. The minimum absolute atomic E-state index is 0.177. The lowest BCUT2D eigenvalue weighted by atomic mass is 10.1. The van der Waals surface area contributed by atoms with Gasteiger partial charge in [0.2, 0.25) is 0 Å². The average Bonchev–Trinajstić information content (AvgIpc) is 2.72. The molecule has 150 valence electrons. The molecule has 0 aliphatic carbocycles. The fourth-order valence-corrected chi connectivity index (χ4v) is 3.64. The lowest BCUT2D eigenvalue weighted by Gasteiger charge is -2.29. The van der Waals surface area contributed by atoms with Crippen LogP contribution in [-0.2, 0) is 11.3 Å². The molecule has 6 nitrogen and oxygen atoms in total. The molecule has 0 bridgehead atoms. The van der Waals surface area contributed by atoms with Crippen molar-refractivity contribution in [3.05, 3.63) is 29.6 Å². The van der Waals surface area contributed by atoms with Crippen LogP contribution in [0.1, 0.15) is 24.8 Å². The molecule has 2 heterocycles. The Hall–Kier alpha value is -1.86. The first-order valence-corrected chi connectivity index (χ1v) is 10.0. The Balaban J connectivity index is 1.44. The van der Waals surface area contributed by atoms with Crippen LogP contribution in [0, 0.1) is 5.82 Å². The summed E-state index contributed by atoms with van der Waals surface area (Å²) in [5.41, 5.74) is 1.56. The highest BCUT2D eigenvalue weighted by molar-refractivity contribution is 5.79. The van der Waals surface area contributed by atoms with E-state index >= 15 is 0 Å². The van der Waals surface area contributed by atoms with Crippen LogP contribution in [0.5, 0.6) is 0 Å². The Bertz CT molecular complexity index is 612. The molecule has 1 aromatic carbocycles. The number of likely N-dealkylation sites (tertiary alicyclic amines) is 1. The lowest BCUT2D eigenvalue weighted by Crippen LogP contribution is -2.42. The van der Waals surface area contributed by atoms with Crippen molar-refractivity contribution in [3.63, 3.8) is 0 Å². The molecule has 0 spiro atoms.